The predicted molar refractivity (Wildman–Crippen MR) is 242 cm³/mol. The van der Waals surface area contributed by atoms with E-state index in [0.717, 1.165) is 70.6 Å². The molecule has 0 bridgehead atoms. The van der Waals surface area contributed by atoms with Gasteiger partial charge in [0.15, 0.2) is 6.29 Å². The third kappa shape index (κ3) is 32.5. The monoisotopic (exact) mass is 835 g/mol. The molecule has 344 valence electrons. The summed E-state index contributed by atoms with van der Waals surface area (Å²) in [7, 11) is 0. The summed E-state index contributed by atoms with van der Waals surface area (Å²) >= 11 is 0. The molecule has 59 heavy (non-hydrogen) atoms. The quantitative estimate of drug-likeness (QED) is 0.0270. The van der Waals surface area contributed by atoms with Crippen LogP contribution < -0.4 is 0 Å². The largest absolute Gasteiger partial charge is 0.457 e. The van der Waals surface area contributed by atoms with Crippen molar-refractivity contribution in [3.8, 4) is 0 Å². The van der Waals surface area contributed by atoms with Crippen LogP contribution in [0.1, 0.15) is 200 Å². The molecule has 9 heteroatoms. The lowest BCUT2D eigenvalue weighted by atomic mass is 9.99. The summed E-state index contributed by atoms with van der Waals surface area (Å²) in [5, 5.41) is 40.2. The van der Waals surface area contributed by atoms with E-state index in [4.69, 9.17) is 18.9 Å². The van der Waals surface area contributed by atoms with Crippen molar-refractivity contribution in [3.05, 3.63) is 48.6 Å². The molecule has 0 aromatic heterocycles. The number of ether oxygens (including phenoxy) is 4. The number of aliphatic hydroxyl groups excluding tert-OH is 4. The maximum atomic E-state index is 12.8. The second kappa shape index (κ2) is 41.5. The molecule has 4 N–H and O–H groups in total. The Morgan fingerprint density at radius 3 is 1.53 bits per heavy atom. The number of carbonyl (C=O) groups excluding carboxylic acids is 1. The van der Waals surface area contributed by atoms with Gasteiger partial charge in [-0.05, 0) is 77.0 Å². The van der Waals surface area contributed by atoms with Crippen LogP contribution in [0.4, 0.5) is 0 Å². The molecule has 1 heterocycles. The van der Waals surface area contributed by atoms with Gasteiger partial charge in [-0.25, -0.2) is 0 Å². The molecule has 1 aliphatic heterocycles. The highest BCUT2D eigenvalue weighted by Crippen LogP contribution is 2.22. The summed E-state index contributed by atoms with van der Waals surface area (Å²) in [6.07, 6.45) is 44.2. The fraction of sp³-hybridized carbons (Fsp3) is 0.820. The van der Waals surface area contributed by atoms with Crippen LogP contribution in [-0.4, -0.2) is 89.6 Å². The highest BCUT2D eigenvalue weighted by Gasteiger charge is 2.44. The zero-order valence-corrected chi connectivity index (χ0v) is 37.7. The molecule has 0 spiro atoms. The molecule has 0 aliphatic carbocycles. The SMILES string of the molecule is CCCCC/C=C\C/C=C\C/C=C\CCCCCCCCCOCC(COC1OC(CO)C(O)C(O)C1O)OC(=O)CCCCCCC/C=C\CCCCCCCCC. The van der Waals surface area contributed by atoms with Gasteiger partial charge in [0, 0.05) is 13.0 Å². The zero-order valence-electron chi connectivity index (χ0n) is 37.7. The highest BCUT2D eigenvalue weighted by molar-refractivity contribution is 5.69. The van der Waals surface area contributed by atoms with E-state index in [9.17, 15) is 25.2 Å². The summed E-state index contributed by atoms with van der Waals surface area (Å²) in [4.78, 5) is 12.8. The number of unbranched alkanes of at least 4 members (excludes halogenated alkanes) is 22. The minimum absolute atomic E-state index is 0.121. The fourth-order valence-corrected chi connectivity index (χ4v) is 7.14. The Kier molecular flexibility index (Phi) is 38.8. The normalized spacial score (nSPS) is 20.5. The van der Waals surface area contributed by atoms with Crippen LogP contribution in [0.5, 0.6) is 0 Å². The topological polar surface area (TPSA) is 135 Å². The third-order valence-corrected chi connectivity index (χ3v) is 11.0. The van der Waals surface area contributed by atoms with Gasteiger partial charge < -0.3 is 39.4 Å². The Labute approximate surface area is 361 Å². The summed E-state index contributed by atoms with van der Waals surface area (Å²) < 4.78 is 22.8. The Balaban J connectivity index is 2.25. The lowest BCUT2D eigenvalue weighted by Crippen LogP contribution is -2.59. The van der Waals surface area contributed by atoms with Crippen LogP contribution in [0.15, 0.2) is 48.6 Å². The van der Waals surface area contributed by atoms with E-state index < -0.39 is 43.4 Å². The maximum absolute atomic E-state index is 12.8. The van der Waals surface area contributed by atoms with Crippen LogP contribution in [0.3, 0.4) is 0 Å². The van der Waals surface area contributed by atoms with Crippen LogP contribution >= 0.6 is 0 Å². The zero-order chi connectivity index (χ0) is 42.9. The minimum Gasteiger partial charge on any atom is -0.457 e. The van der Waals surface area contributed by atoms with Crippen molar-refractivity contribution in [3.63, 3.8) is 0 Å². The van der Waals surface area contributed by atoms with E-state index in [1.807, 2.05) is 0 Å². The summed E-state index contributed by atoms with van der Waals surface area (Å²) in [6.45, 7) is 4.50. The number of carbonyl (C=O) groups is 1. The summed E-state index contributed by atoms with van der Waals surface area (Å²) in [6, 6.07) is 0. The van der Waals surface area contributed by atoms with Gasteiger partial charge in [0.05, 0.1) is 19.8 Å². The molecule has 1 aliphatic rings. The van der Waals surface area contributed by atoms with Gasteiger partial charge in [0.2, 0.25) is 0 Å². The van der Waals surface area contributed by atoms with Crippen LogP contribution in [0.2, 0.25) is 0 Å². The number of esters is 1. The number of rotatable bonds is 41. The molecular weight excluding hydrogens is 745 g/mol. The van der Waals surface area contributed by atoms with Crippen molar-refractivity contribution in [1.29, 1.82) is 0 Å². The van der Waals surface area contributed by atoms with Crippen LogP contribution in [-0.2, 0) is 23.7 Å². The molecule has 1 saturated heterocycles. The van der Waals surface area contributed by atoms with Crippen molar-refractivity contribution < 1.29 is 44.2 Å². The molecule has 0 aromatic rings. The Bertz CT molecular complexity index is 1040. The van der Waals surface area contributed by atoms with Crippen molar-refractivity contribution in [2.45, 2.75) is 237 Å². The summed E-state index contributed by atoms with van der Waals surface area (Å²) in [5.41, 5.74) is 0. The maximum Gasteiger partial charge on any atom is 0.306 e. The fourth-order valence-electron chi connectivity index (χ4n) is 7.14. The van der Waals surface area contributed by atoms with Crippen molar-refractivity contribution in [2.75, 3.05) is 26.4 Å². The predicted octanol–water partition coefficient (Wildman–Crippen LogP) is 11.3. The van der Waals surface area contributed by atoms with E-state index in [1.54, 1.807) is 0 Å². The van der Waals surface area contributed by atoms with E-state index in [2.05, 4.69) is 62.5 Å². The van der Waals surface area contributed by atoms with Crippen LogP contribution in [0.25, 0.3) is 0 Å². The first-order valence-electron chi connectivity index (χ1n) is 24.2. The molecular formula is C50H90O9. The highest BCUT2D eigenvalue weighted by atomic mass is 16.7. The molecule has 0 amide bonds. The number of allylic oxidation sites excluding steroid dienone is 8. The molecule has 1 fully saturated rings. The average Bonchev–Trinajstić information content (AvgIpc) is 3.24. The van der Waals surface area contributed by atoms with Gasteiger partial charge >= 0.3 is 5.97 Å². The number of hydrogen-bond acceptors (Lipinski definition) is 9. The first-order valence-corrected chi connectivity index (χ1v) is 24.2. The van der Waals surface area contributed by atoms with Gasteiger partial charge in [0.25, 0.3) is 0 Å². The summed E-state index contributed by atoms with van der Waals surface area (Å²) in [5.74, 6) is -0.326. The number of hydrogen-bond donors (Lipinski definition) is 4. The van der Waals surface area contributed by atoms with Crippen LogP contribution in [0, 0.1) is 0 Å². The standard InChI is InChI=1S/C50H90O9/c1-3-5-7-9-11-13-15-17-19-21-22-23-24-26-28-30-32-34-36-38-40-56-42-44(43-57-50-49(55)48(54)47(53)45(41-51)59-50)58-46(52)39-37-35-33-31-29-27-25-20-18-16-14-12-10-8-6-4-2/h11,13,17,19-20,22-23,25,44-45,47-51,53-55H,3-10,12,14-16,18,21,24,26-43H2,1-2H3/b13-11-,19-17-,23-22-,25-20-. The van der Waals surface area contributed by atoms with E-state index in [-0.39, 0.29) is 19.2 Å². The van der Waals surface area contributed by atoms with E-state index in [0.29, 0.717) is 13.0 Å². The van der Waals surface area contributed by atoms with Crippen molar-refractivity contribution >= 4 is 5.97 Å². The van der Waals surface area contributed by atoms with Gasteiger partial charge in [-0.15, -0.1) is 0 Å². The second-order valence-electron chi connectivity index (χ2n) is 16.6. The van der Waals surface area contributed by atoms with Gasteiger partial charge in [0.1, 0.15) is 30.5 Å². The first-order chi connectivity index (χ1) is 28.9. The second-order valence-corrected chi connectivity index (χ2v) is 16.6. The smallest absolute Gasteiger partial charge is 0.306 e. The number of aliphatic hydroxyl groups is 4. The lowest BCUT2D eigenvalue weighted by molar-refractivity contribution is -0.305. The Morgan fingerprint density at radius 2 is 0.983 bits per heavy atom. The molecule has 9 nitrogen and oxygen atoms in total. The lowest BCUT2D eigenvalue weighted by Gasteiger charge is -2.39. The molecule has 0 radical (unpaired) electrons. The molecule has 0 aromatic carbocycles. The first kappa shape index (κ1) is 55.2. The van der Waals surface area contributed by atoms with Gasteiger partial charge in [-0.3, -0.25) is 4.79 Å². The van der Waals surface area contributed by atoms with E-state index >= 15 is 0 Å². The minimum atomic E-state index is -1.54. The van der Waals surface area contributed by atoms with Gasteiger partial charge in [-0.1, -0.05) is 165 Å². The molecule has 6 atom stereocenters. The Morgan fingerprint density at radius 1 is 0.542 bits per heavy atom. The van der Waals surface area contributed by atoms with Gasteiger partial charge in [-0.2, -0.15) is 0 Å². The molecule has 0 saturated carbocycles. The molecule has 1 rings (SSSR count). The average molecular weight is 835 g/mol. The third-order valence-electron chi connectivity index (χ3n) is 11.0. The van der Waals surface area contributed by atoms with Crippen molar-refractivity contribution in [2.24, 2.45) is 0 Å². The van der Waals surface area contributed by atoms with Crippen molar-refractivity contribution in [1.82, 2.24) is 0 Å². The molecule has 6 unspecified atom stereocenters. The van der Waals surface area contributed by atoms with E-state index in [1.165, 1.54) is 109 Å². The Hall–Kier alpha value is -1.85.